The predicted molar refractivity (Wildman–Crippen MR) is 62.0 cm³/mol. The normalized spacial score (nSPS) is 39.6. The first-order valence-corrected chi connectivity index (χ1v) is 6.40. The van der Waals surface area contributed by atoms with Crippen LogP contribution in [0.1, 0.15) is 39.0 Å². The molecule has 2 aliphatic rings. The Kier molecular flexibility index (Phi) is 3.82. The molecule has 1 aliphatic carbocycles. The lowest BCUT2D eigenvalue weighted by Gasteiger charge is -2.29. The molecule has 1 heterocycles. The number of hydrogen-bond acceptors (Lipinski definition) is 3. The third-order valence-corrected chi connectivity index (χ3v) is 3.87. The van der Waals surface area contributed by atoms with E-state index in [4.69, 9.17) is 0 Å². The van der Waals surface area contributed by atoms with Crippen molar-refractivity contribution in [2.45, 2.75) is 57.2 Å². The van der Waals surface area contributed by atoms with Crippen LogP contribution in [0.5, 0.6) is 0 Å². The Bertz CT molecular complexity index is 257. The van der Waals surface area contributed by atoms with E-state index in [1.54, 1.807) is 0 Å². The largest absolute Gasteiger partial charge is 0.391 e. The lowest BCUT2D eigenvalue weighted by atomic mass is 9.92. The van der Waals surface area contributed by atoms with Crippen molar-refractivity contribution in [3.63, 3.8) is 0 Å². The van der Waals surface area contributed by atoms with Gasteiger partial charge in [0.15, 0.2) is 0 Å². The number of nitrogens with one attached hydrogen (secondary N) is 2. The molecular formula is C12H22N2O2. The van der Waals surface area contributed by atoms with E-state index in [0.717, 1.165) is 38.6 Å². The number of carbonyl (C=O) groups is 1. The Morgan fingerprint density at radius 2 is 2.06 bits per heavy atom. The Labute approximate surface area is 96.8 Å². The summed E-state index contributed by atoms with van der Waals surface area (Å²) in [5.41, 5.74) is 0. The monoisotopic (exact) mass is 226 g/mol. The van der Waals surface area contributed by atoms with Gasteiger partial charge in [-0.1, -0.05) is 19.8 Å². The zero-order valence-corrected chi connectivity index (χ0v) is 9.91. The van der Waals surface area contributed by atoms with Gasteiger partial charge in [0.25, 0.3) is 0 Å². The summed E-state index contributed by atoms with van der Waals surface area (Å²) in [6, 6.07) is -0.0926. The summed E-state index contributed by atoms with van der Waals surface area (Å²) >= 11 is 0. The predicted octanol–water partition coefficient (Wildman–Crippen LogP) is 0.404. The summed E-state index contributed by atoms with van der Waals surface area (Å²) in [5.74, 6) is 0.469. The first-order valence-electron chi connectivity index (χ1n) is 6.40. The fraction of sp³-hybridized carbons (Fsp3) is 0.917. The zero-order valence-electron chi connectivity index (χ0n) is 9.91. The summed E-state index contributed by atoms with van der Waals surface area (Å²) in [6.45, 7) is 3.02. The molecule has 0 bridgehead atoms. The van der Waals surface area contributed by atoms with Crippen LogP contribution in [0, 0.1) is 5.92 Å². The number of amides is 1. The molecule has 4 heteroatoms. The van der Waals surface area contributed by atoms with Crippen molar-refractivity contribution in [3.05, 3.63) is 0 Å². The standard InChI is InChI=1S/C12H22N2O2/c1-8-6-7-13-11(8)12(16)14-9-4-2-3-5-10(9)15/h8-11,13,15H,2-7H2,1H3,(H,14,16)/t8?,9-,10-,11?/m1/s1. The molecule has 92 valence electrons. The van der Waals surface area contributed by atoms with Gasteiger partial charge in [0.05, 0.1) is 18.2 Å². The van der Waals surface area contributed by atoms with Crippen LogP contribution in [-0.4, -0.2) is 35.7 Å². The lowest BCUT2D eigenvalue weighted by Crippen LogP contribution is -2.51. The SMILES string of the molecule is CC1CCNC1C(=O)N[C@@H]1CCCC[C@H]1O. The second-order valence-electron chi connectivity index (χ2n) is 5.16. The maximum Gasteiger partial charge on any atom is 0.237 e. The first kappa shape index (κ1) is 11.9. The smallest absolute Gasteiger partial charge is 0.237 e. The molecule has 4 atom stereocenters. The number of rotatable bonds is 2. The average Bonchev–Trinajstić information content (AvgIpc) is 2.68. The van der Waals surface area contributed by atoms with E-state index in [0.29, 0.717) is 5.92 Å². The molecule has 1 saturated carbocycles. The molecule has 16 heavy (non-hydrogen) atoms. The van der Waals surface area contributed by atoms with Crippen LogP contribution in [0.4, 0.5) is 0 Å². The minimum Gasteiger partial charge on any atom is -0.391 e. The van der Waals surface area contributed by atoms with Gasteiger partial charge in [-0.15, -0.1) is 0 Å². The highest BCUT2D eigenvalue weighted by molar-refractivity contribution is 5.82. The van der Waals surface area contributed by atoms with Gasteiger partial charge in [0, 0.05) is 0 Å². The Morgan fingerprint density at radius 3 is 2.69 bits per heavy atom. The second-order valence-corrected chi connectivity index (χ2v) is 5.16. The zero-order chi connectivity index (χ0) is 11.5. The summed E-state index contributed by atoms with van der Waals surface area (Å²) < 4.78 is 0. The van der Waals surface area contributed by atoms with E-state index in [2.05, 4.69) is 17.6 Å². The Balaban J connectivity index is 1.86. The molecule has 4 nitrogen and oxygen atoms in total. The number of hydrogen-bond donors (Lipinski definition) is 3. The van der Waals surface area contributed by atoms with Crippen LogP contribution in [-0.2, 0) is 4.79 Å². The molecular weight excluding hydrogens is 204 g/mol. The van der Waals surface area contributed by atoms with Gasteiger partial charge in [0.2, 0.25) is 5.91 Å². The van der Waals surface area contributed by atoms with Gasteiger partial charge >= 0.3 is 0 Å². The van der Waals surface area contributed by atoms with E-state index in [9.17, 15) is 9.90 Å². The molecule has 0 aromatic heterocycles. The molecule has 1 aliphatic heterocycles. The Morgan fingerprint density at radius 1 is 1.31 bits per heavy atom. The van der Waals surface area contributed by atoms with Crippen LogP contribution in [0.25, 0.3) is 0 Å². The Hall–Kier alpha value is -0.610. The molecule has 0 radical (unpaired) electrons. The highest BCUT2D eigenvalue weighted by atomic mass is 16.3. The van der Waals surface area contributed by atoms with Crippen molar-refractivity contribution < 1.29 is 9.90 Å². The maximum absolute atomic E-state index is 12.0. The van der Waals surface area contributed by atoms with Crippen molar-refractivity contribution in [1.29, 1.82) is 0 Å². The maximum atomic E-state index is 12.0. The summed E-state index contributed by atoms with van der Waals surface area (Å²) in [6.07, 6.45) is 4.62. The summed E-state index contributed by atoms with van der Waals surface area (Å²) in [4.78, 5) is 12.0. The molecule has 0 aromatic rings. The van der Waals surface area contributed by atoms with Crippen LogP contribution in [0.3, 0.4) is 0 Å². The minimum atomic E-state index is -0.352. The molecule has 3 N–H and O–H groups in total. The van der Waals surface area contributed by atoms with E-state index in [-0.39, 0.29) is 24.1 Å². The molecule has 2 rings (SSSR count). The fourth-order valence-corrected chi connectivity index (χ4v) is 2.74. The van der Waals surface area contributed by atoms with Gasteiger partial charge in [0.1, 0.15) is 0 Å². The van der Waals surface area contributed by atoms with Crippen molar-refractivity contribution >= 4 is 5.91 Å². The molecule has 2 unspecified atom stereocenters. The highest BCUT2D eigenvalue weighted by Crippen LogP contribution is 2.20. The number of aliphatic hydroxyl groups excluding tert-OH is 1. The summed E-state index contributed by atoms with van der Waals surface area (Å²) in [5, 5.41) is 16.0. The number of carbonyl (C=O) groups excluding carboxylic acids is 1. The van der Waals surface area contributed by atoms with E-state index in [1.807, 2.05) is 0 Å². The molecule has 0 aromatic carbocycles. The van der Waals surface area contributed by atoms with Crippen molar-refractivity contribution in [1.82, 2.24) is 10.6 Å². The lowest BCUT2D eigenvalue weighted by molar-refractivity contribution is -0.125. The van der Waals surface area contributed by atoms with Crippen molar-refractivity contribution in [2.75, 3.05) is 6.54 Å². The molecule has 0 spiro atoms. The second kappa shape index (κ2) is 5.15. The summed E-state index contributed by atoms with van der Waals surface area (Å²) in [7, 11) is 0. The van der Waals surface area contributed by atoms with Crippen molar-refractivity contribution in [2.24, 2.45) is 5.92 Å². The van der Waals surface area contributed by atoms with E-state index in [1.165, 1.54) is 0 Å². The van der Waals surface area contributed by atoms with Crippen LogP contribution >= 0.6 is 0 Å². The highest BCUT2D eigenvalue weighted by Gasteiger charge is 2.32. The number of aliphatic hydroxyl groups is 1. The van der Waals surface area contributed by atoms with Gasteiger partial charge in [-0.3, -0.25) is 4.79 Å². The third kappa shape index (κ3) is 2.55. The molecule has 1 amide bonds. The minimum absolute atomic E-state index is 0.0316. The van der Waals surface area contributed by atoms with Crippen LogP contribution in [0.2, 0.25) is 0 Å². The van der Waals surface area contributed by atoms with Crippen LogP contribution in [0.15, 0.2) is 0 Å². The van der Waals surface area contributed by atoms with Crippen LogP contribution < -0.4 is 10.6 Å². The van der Waals surface area contributed by atoms with Crippen molar-refractivity contribution in [3.8, 4) is 0 Å². The average molecular weight is 226 g/mol. The quantitative estimate of drug-likeness (QED) is 0.639. The molecule has 2 fully saturated rings. The van der Waals surface area contributed by atoms with E-state index < -0.39 is 0 Å². The van der Waals surface area contributed by atoms with Gasteiger partial charge in [-0.2, -0.15) is 0 Å². The van der Waals surface area contributed by atoms with Gasteiger partial charge in [-0.25, -0.2) is 0 Å². The molecule has 1 saturated heterocycles. The topological polar surface area (TPSA) is 61.4 Å². The third-order valence-electron chi connectivity index (χ3n) is 3.87. The first-order chi connectivity index (χ1) is 7.68. The van der Waals surface area contributed by atoms with Gasteiger partial charge < -0.3 is 15.7 Å². The van der Waals surface area contributed by atoms with E-state index >= 15 is 0 Å². The van der Waals surface area contributed by atoms with Gasteiger partial charge in [-0.05, 0) is 31.7 Å². The fourth-order valence-electron chi connectivity index (χ4n) is 2.74.